The number of rotatable bonds is 73. The summed E-state index contributed by atoms with van der Waals surface area (Å²) in [6.45, 7) is 7.27. The Kier molecular flexibility index (Phi) is 64.9. The zero-order valence-corrected chi connectivity index (χ0v) is 61.5. The Morgan fingerprint density at radius 3 is 0.739 bits per heavy atom. The van der Waals surface area contributed by atoms with Gasteiger partial charge in [-0.1, -0.05) is 330 Å². The standard InChI is InChI=1S/C73H142O17P2/c1-6-9-12-15-18-21-23-25-26-27-28-34-39-44-49-54-59-73(78)90-69(63-84-71(76)57-52-47-42-37-33-30-29-31-36-40-45-50-55-66(4)5)65-88-92(81,82)86-61-67(74)60-85-91(79,80)87-64-68(62-83-70(75)56-51-46-41-35-20-17-14-11-8-3)89-72(77)58-53-48-43-38-32-24-22-19-16-13-10-7-2/h66-69,74H,6-65H2,1-5H3,(H,79,80)(H,81,82)/t67-,68+,69+/m0/s1. The molecule has 0 aliphatic heterocycles. The summed E-state index contributed by atoms with van der Waals surface area (Å²) in [6.07, 6.45) is 54.0. The first-order valence-electron chi connectivity index (χ1n) is 38.1. The number of hydrogen-bond donors (Lipinski definition) is 3. The van der Waals surface area contributed by atoms with Gasteiger partial charge >= 0.3 is 39.5 Å². The first-order chi connectivity index (χ1) is 44.5. The third kappa shape index (κ3) is 66.7. The van der Waals surface area contributed by atoms with Crippen molar-refractivity contribution in [2.45, 2.75) is 400 Å². The van der Waals surface area contributed by atoms with Gasteiger partial charge in [0.05, 0.1) is 26.4 Å². The SMILES string of the molecule is CCCCCCCCCCCCCCCCCCC(=O)O[C@H](COC(=O)CCCCCCCCCCCCCCC(C)C)COP(=O)(O)OC[C@@H](O)COP(=O)(O)OC[C@@H](COC(=O)CCCCCCCCCCC)OC(=O)CCCCCCCCCCCCCC. The minimum Gasteiger partial charge on any atom is -0.462 e. The Bertz CT molecular complexity index is 1770. The summed E-state index contributed by atoms with van der Waals surface area (Å²) >= 11 is 0. The number of esters is 4. The van der Waals surface area contributed by atoms with Crippen LogP contribution in [0.5, 0.6) is 0 Å². The molecule has 5 atom stereocenters. The molecule has 19 heteroatoms. The summed E-state index contributed by atoms with van der Waals surface area (Å²) in [5.74, 6) is -1.33. The lowest BCUT2D eigenvalue weighted by molar-refractivity contribution is -0.161. The number of unbranched alkanes of at least 4 members (excludes halogenated alkanes) is 45. The van der Waals surface area contributed by atoms with Crippen molar-refractivity contribution in [2.75, 3.05) is 39.6 Å². The number of ether oxygens (including phenoxy) is 4. The third-order valence-corrected chi connectivity index (χ3v) is 18.9. The van der Waals surface area contributed by atoms with Crippen molar-refractivity contribution in [3.63, 3.8) is 0 Å². The van der Waals surface area contributed by atoms with Gasteiger partial charge in [-0.05, 0) is 31.6 Å². The highest BCUT2D eigenvalue weighted by atomic mass is 31.2. The van der Waals surface area contributed by atoms with E-state index in [1.54, 1.807) is 0 Å². The predicted octanol–water partition coefficient (Wildman–Crippen LogP) is 21.3. The molecule has 0 saturated carbocycles. The fourth-order valence-electron chi connectivity index (χ4n) is 11.2. The second-order valence-electron chi connectivity index (χ2n) is 26.8. The van der Waals surface area contributed by atoms with E-state index >= 15 is 0 Å². The van der Waals surface area contributed by atoms with E-state index in [2.05, 4.69) is 34.6 Å². The summed E-state index contributed by atoms with van der Waals surface area (Å²) in [4.78, 5) is 72.6. The summed E-state index contributed by atoms with van der Waals surface area (Å²) in [5.41, 5.74) is 0. The molecule has 3 N–H and O–H groups in total. The van der Waals surface area contributed by atoms with Gasteiger partial charge in [-0.25, -0.2) is 9.13 Å². The molecule has 0 fully saturated rings. The van der Waals surface area contributed by atoms with E-state index in [0.29, 0.717) is 25.7 Å². The largest absolute Gasteiger partial charge is 0.472 e. The lowest BCUT2D eigenvalue weighted by atomic mass is 10.0. The van der Waals surface area contributed by atoms with Gasteiger partial charge in [-0.2, -0.15) is 0 Å². The number of carbonyl (C=O) groups excluding carboxylic acids is 4. The number of phosphoric acid groups is 2. The lowest BCUT2D eigenvalue weighted by Crippen LogP contribution is -2.30. The van der Waals surface area contributed by atoms with E-state index in [4.69, 9.17) is 37.0 Å². The highest BCUT2D eigenvalue weighted by Crippen LogP contribution is 2.45. The predicted molar refractivity (Wildman–Crippen MR) is 372 cm³/mol. The summed E-state index contributed by atoms with van der Waals surface area (Å²) < 4.78 is 68.4. The Balaban J connectivity index is 5.23. The minimum atomic E-state index is -4.95. The van der Waals surface area contributed by atoms with Crippen molar-refractivity contribution >= 4 is 39.5 Å². The molecule has 92 heavy (non-hydrogen) atoms. The number of carbonyl (C=O) groups is 4. The van der Waals surface area contributed by atoms with E-state index in [0.717, 1.165) is 95.8 Å². The molecule has 0 spiro atoms. The first-order valence-corrected chi connectivity index (χ1v) is 41.1. The fourth-order valence-corrected chi connectivity index (χ4v) is 12.8. The number of phosphoric ester groups is 2. The Labute approximate surface area is 562 Å². The minimum absolute atomic E-state index is 0.108. The second kappa shape index (κ2) is 66.3. The molecule has 0 aliphatic carbocycles. The van der Waals surface area contributed by atoms with E-state index in [1.807, 2.05) is 0 Å². The molecule has 0 aromatic carbocycles. The van der Waals surface area contributed by atoms with Gasteiger partial charge in [-0.3, -0.25) is 37.3 Å². The van der Waals surface area contributed by atoms with Crippen LogP contribution < -0.4 is 0 Å². The molecule has 0 radical (unpaired) electrons. The van der Waals surface area contributed by atoms with Crippen molar-refractivity contribution < 1.29 is 80.2 Å². The van der Waals surface area contributed by atoms with E-state index in [9.17, 15) is 43.2 Å². The Morgan fingerprint density at radius 2 is 0.500 bits per heavy atom. The third-order valence-electron chi connectivity index (χ3n) is 17.0. The van der Waals surface area contributed by atoms with Crippen molar-refractivity contribution in [1.82, 2.24) is 0 Å². The Hall–Kier alpha value is -1.94. The van der Waals surface area contributed by atoms with Gasteiger partial charge in [0.2, 0.25) is 0 Å². The lowest BCUT2D eigenvalue weighted by Gasteiger charge is -2.21. The average Bonchev–Trinajstić information content (AvgIpc) is 1.86. The molecule has 17 nitrogen and oxygen atoms in total. The van der Waals surface area contributed by atoms with Crippen LogP contribution in [-0.2, 0) is 65.4 Å². The maximum absolute atomic E-state index is 13.1. The first kappa shape index (κ1) is 90.1. The van der Waals surface area contributed by atoms with Gasteiger partial charge < -0.3 is 33.8 Å². The van der Waals surface area contributed by atoms with Gasteiger partial charge in [0.1, 0.15) is 19.3 Å². The molecule has 2 unspecified atom stereocenters. The van der Waals surface area contributed by atoms with Crippen LogP contribution in [0.15, 0.2) is 0 Å². The summed E-state index contributed by atoms with van der Waals surface area (Å²) in [6, 6.07) is 0. The van der Waals surface area contributed by atoms with Crippen molar-refractivity contribution in [3.05, 3.63) is 0 Å². The van der Waals surface area contributed by atoms with Crippen LogP contribution in [0.1, 0.15) is 381 Å². The average molecular weight is 1350 g/mol. The van der Waals surface area contributed by atoms with Crippen LogP contribution in [0.3, 0.4) is 0 Å². The molecule has 0 saturated heterocycles. The molecule has 0 rings (SSSR count). The van der Waals surface area contributed by atoms with Crippen molar-refractivity contribution in [1.29, 1.82) is 0 Å². The molecular weight excluding hydrogens is 1210 g/mol. The van der Waals surface area contributed by atoms with Gasteiger partial charge in [-0.15, -0.1) is 0 Å². The molecule has 0 amide bonds. The molecule has 0 bridgehead atoms. The number of aliphatic hydroxyl groups excluding tert-OH is 1. The summed E-state index contributed by atoms with van der Waals surface area (Å²) in [5, 5.41) is 10.6. The second-order valence-corrected chi connectivity index (χ2v) is 29.7. The van der Waals surface area contributed by atoms with Crippen LogP contribution in [0.4, 0.5) is 0 Å². The van der Waals surface area contributed by atoms with Crippen LogP contribution in [0.2, 0.25) is 0 Å². The monoisotopic (exact) mass is 1350 g/mol. The zero-order chi connectivity index (χ0) is 67.7. The van der Waals surface area contributed by atoms with Crippen LogP contribution in [-0.4, -0.2) is 96.7 Å². The number of aliphatic hydroxyl groups is 1. The van der Waals surface area contributed by atoms with Gasteiger partial charge in [0.15, 0.2) is 12.2 Å². The topological polar surface area (TPSA) is 237 Å². The van der Waals surface area contributed by atoms with Crippen LogP contribution in [0, 0.1) is 5.92 Å². The molecule has 0 heterocycles. The van der Waals surface area contributed by atoms with Crippen LogP contribution in [0.25, 0.3) is 0 Å². The van der Waals surface area contributed by atoms with E-state index in [1.165, 1.54) is 205 Å². The van der Waals surface area contributed by atoms with Crippen molar-refractivity contribution in [3.8, 4) is 0 Å². The zero-order valence-electron chi connectivity index (χ0n) is 59.7. The van der Waals surface area contributed by atoms with Gasteiger partial charge in [0, 0.05) is 25.7 Å². The molecular formula is C73H142O17P2. The van der Waals surface area contributed by atoms with Gasteiger partial charge in [0.25, 0.3) is 0 Å². The maximum Gasteiger partial charge on any atom is 0.472 e. The fraction of sp³-hybridized carbons (Fsp3) is 0.945. The molecule has 0 aliphatic rings. The normalized spacial score (nSPS) is 14.0. The molecule has 546 valence electrons. The summed E-state index contributed by atoms with van der Waals surface area (Å²) in [7, 11) is -9.90. The molecule has 0 aromatic heterocycles. The van der Waals surface area contributed by atoms with Crippen molar-refractivity contribution in [2.24, 2.45) is 5.92 Å². The quantitative estimate of drug-likeness (QED) is 0.0222. The smallest absolute Gasteiger partial charge is 0.462 e. The van der Waals surface area contributed by atoms with E-state index < -0.39 is 97.5 Å². The molecule has 0 aromatic rings. The van der Waals surface area contributed by atoms with E-state index in [-0.39, 0.29) is 25.7 Å². The highest BCUT2D eigenvalue weighted by Gasteiger charge is 2.30. The Morgan fingerprint density at radius 1 is 0.293 bits per heavy atom. The van der Waals surface area contributed by atoms with Crippen LogP contribution >= 0.6 is 15.6 Å². The highest BCUT2D eigenvalue weighted by molar-refractivity contribution is 7.47. The maximum atomic E-state index is 13.1. The number of hydrogen-bond acceptors (Lipinski definition) is 15.